The van der Waals surface area contributed by atoms with Crippen LogP contribution in [0, 0.1) is 0 Å². The lowest BCUT2D eigenvalue weighted by molar-refractivity contribution is 0.0939. The summed E-state index contributed by atoms with van der Waals surface area (Å²) in [6.45, 7) is 0.322. The molecule has 2 heterocycles. The number of aryl methyl sites for hydroxylation is 1. The molecule has 0 spiro atoms. The molecule has 0 saturated heterocycles. The van der Waals surface area contributed by atoms with Gasteiger partial charge in [-0.1, -0.05) is 0 Å². The largest absolute Gasteiger partial charge is 0.366 e. The number of nitrogens with two attached hydrogens (primary N) is 1. The van der Waals surface area contributed by atoms with Gasteiger partial charge in [0, 0.05) is 19.4 Å². The summed E-state index contributed by atoms with van der Waals surface area (Å²) in [6, 6.07) is 0. The molecule has 2 aromatic heterocycles. The molecule has 0 aliphatic heterocycles. The van der Waals surface area contributed by atoms with Gasteiger partial charge in [0.2, 0.25) is 11.8 Å². The van der Waals surface area contributed by atoms with Gasteiger partial charge in [-0.3, -0.25) is 9.89 Å². The van der Waals surface area contributed by atoms with Crippen molar-refractivity contribution in [3.8, 4) is 0 Å². The summed E-state index contributed by atoms with van der Waals surface area (Å²) in [6.07, 6.45) is 3.46. The van der Waals surface area contributed by atoms with Gasteiger partial charge in [-0.15, -0.1) is 5.10 Å². The fraction of sp³-hybridized carbons (Fsp3) is 0.250. The molecule has 2 rings (SSSR count). The number of anilines is 1. The number of rotatable bonds is 3. The third-order valence-electron chi connectivity index (χ3n) is 2.05. The second kappa shape index (κ2) is 4.01. The summed E-state index contributed by atoms with van der Waals surface area (Å²) in [5.74, 6) is 0.516. The summed E-state index contributed by atoms with van der Waals surface area (Å²) in [5.41, 5.74) is 5.28. The average Bonchev–Trinajstić information content (AvgIpc) is 2.84. The topological polar surface area (TPSA) is 115 Å². The fourth-order valence-electron chi connectivity index (χ4n) is 1.19. The number of nitrogens with zero attached hydrogens (tertiary/aromatic N) is 4. The van der Waals surface area contributed by atoms with E-state index >= 15 is 0 Å². The Hall–Kier alpha value is -2.38. The van der Waals surface area contributed by atoms with Gasteiger partial charge in [0.1, 0.15) is 5.82 Å². The Bertz CT molecular complexity index is 500. The molecule has 0 atom stereocenters. The van der Waals surface area contributed by atoms with Crippen molar-refractivity contribution < 1.29 is 4.79 Å². The van der Waals surface area contributed by atoms with E-state index in [0.29, 0.717) is 6.54 Å². The number of carbonyl (C=O) groups is 1. The van der Waals surface area contributed by atoms with Crippen LogP contribution in [0.5, 0.6) is 0 Å². The van der Waals surface area contributed by atoms with Crippen molar-refractivity contribution in [1.82, 2.24) is 30.0 Å². The number of aromatic amines is 1. The first-order valence-corrected chi connectivity index (χ1v) is 4.59. The molecule has 0 aliphatic carbocycles. The Morgan fingerprint density at radius 3 is 3.06 bits per heavy atom. The van der Waals surface area contributed by atoms with E-state index < -0.39 is 0 Å². The molecule has 0 bridgehead atoms. The van der Waals surface area contributed by atoms with Crippen molar-refractivity contribution in [2.24, 2.45) is 7.05 Å². The molecule has 8 nitrogen and oxygen atoms in total. The monoisotopic (exact) mass is 221 g/mol. The molecule has 84 valence electrons. The minimum atomic E-state index is -0.368. The van der Waals surface area contributed by atoms with E-state index in [1.807, 2.05) is 11.6 Å². The molecule has 4 N–H and O–H groups in total. The van der Waals surface area contributed by atoms with Crippen molar-refractivity contribution >= 4 is 11.9 Å². The Morgan fingerprint density at radius 1 is 1.69 bits per heavy atom. The first kappa shape index (κ1) is 10.1. The first-order chi connectivity index (χ1) is 7.66. The number of H-pyrrole nitrogens is 1. The Balaban J connectivity index is 1.96. The zero-order valence-electron chi connectivity index (χ0n) is 8.64. The van der Waals surface area contributed by atoms with Crippen molar-refractivity contribution in [3.63, 3.8) is 0 Å². The minimum absolute atomic E-state index is 0.0436. The van der Waals surface area contributed by atoms with Gasteiger partial charge >= 0.3 is 0 Å². The maximum absolute atomic E-state index is 11.5. The summed E-state index contributed by atoms with van der Waals surface area (Å²) >= 11 is 0. The van der Waals surface area contributed by atoms with Crippen molar-refractivity contribution in [2.45, 2.75) is 6.54 Å². The lowest BCUT2D eigenvalue weighted by Crippen LogP contribution is -2.25. The third-order valence-corrected chi connectivity index (χ3v) is 2.05. The van der Waals surface area contributed by atoms with Crippen LogP contribution in [0.4, 0.5) is 5.95 Å². The van der Waals surface area contributed by atoms with Gasteiger partial charge in [0.05, 0.1) is 6.54 Å². The number of amides is 1. The highest BCUT2D eigenvalue weighted by molar-refractivity contribution is 5.90. The van der Waals surface area contributed by atoms with Crippen molar-refractivity contribution in [1.29, 1.82) is 0 Å². The van der Waals surface area contributed by atoms with Crippen LogP contribution in [-0.4, -0.2) is 30.6 Å². The number of nitrogens with one attached hydrogen (secondary N) is 2. The van der Waals surface area contributed by atoms with Crippen LogP contribution in [0.25, 0.3) is 0 Å². The van der Waals surface area contributed by atoms with Gasteiger partial charge < -0.3 is 15.6 Å². The maximum Gasteiger partial charge on any atom is 0.289 e. The highest BCUT2D eigenvalue weighted by Crippen LogP contribution is 1.96. The number of hydrogen-bond donors (Lipinski definition) is 3. The van der Waals surface area contributed by atoms with Crippen molar-refractivity contribution in [3.05, 3.63) is 24.0 Å². The number of imidazole rings is 1. The molecule has 8 heteroatoms. The van der Waals surface area contributed by atoms with E-state index in [9.17, 15) is 4.79 Å². The van der Waals surface area contributed by atoms with Gasteiger partial charge in [0.15, 0.2) is 0 Å². The summed E-state index contributed by atoms with van der Waals surface area (Å²) in [5, 5.41) is 8.63. The van der Waals surface area contributed by atoms with Gasteiger partial charge in [-0.05, 0) is 0 Å². The molecule has 16 heavy (non-hydrogen) atoms. The Labute approximate surface area is 90.9 Å². The summed E-state index contributed by atoms with van der Waals surface area (Å²) < 4.78 is 1.81. The van der Waals surface area contributed by atoms with Crippen LogP contribution in [0.3, 0.4) is 0 Å². The zero-order chi connectivity index (χ0) is 11.5. The van der Waals surface area contributed by atoms with E-state index in [1.165, 1.54) is 0 Å². The second-order valence-electron chi connectivity index (χ2n) is 3.18. The SMILES string of the molecule is Cn1ccnc1CNC(=O)c1nc(N)n[nH]1. The lowest BCUT2D eigenvalue weighted by atomic mass is 10.5. The van der Waals surface area contributed by atoms with E-state index in [0.717, 1.165) is 5.82 Å². The maximum atomic E-state index is 11.5. The molecular weight excluding hydrogens is 210 g/mol. The molecule has 0 fully saturated rings. The minimum Gasteiger partial charge on any atom is -0.366 e. The highest BCUT2D eigenvalue weighted by atomic mass is 16.2. The predicted molar refractivity (Wildman–Crippen MR) is 55.2 cm³/mol. The van der Waals surface area contributed by atoms with Crippen LogP contribution in [0.1, 0.15) is 16.4 Å². The fourth-order valence-corrected chi connectivity index (χ4v) is 1.19. The van der Waals surface area contributed by atoms with Crippen LogP contribution in [-0.2, 0) is 13.6 Å². The molecule has 1 amide bonds. The van der Waals surface area contributed by atoms with E-state index in [1.54, 1.807) is 12.4 Å². The summed E-state index contributed by atoms with van der Waals surface area (Å²) in [7, 11) is 1.85. The molecule has 0 aromatic carbocycles. The number of nitrogen functional groups attached to an aromatic ring is 1. The van der Waals surface area contributed by atoms with Crippen LogP contribution in [0.2, 0.25) is 0 Å². The smallest absolute Gasteiger partial charge is 0.289 e. The van der Waals surface area contributed by atoms with Gasteiger partial charge in [0.25, 0.3) is 5.91 Å². The lowest BCUT2D eigenvalue weighted by Gasteiger charge is -2.02. The number of aromatic nitrogens is 5. The van der Waals surface area contributed by atoms with Gasteiger partial charge in [-0.2, -0.15) is 4.98 Å². The molecule has 2 aromatic rings. The highest BCUT2D eigenvalue weighted by Gasteiger charge is 2.10. The first-order valence-electron chi connectivity index (χ1n) is 4.59. The quantitative estimate of drug-likeness (QED) is 0.618. The Kier molecular flexibility index (Phi) is 2.54. The molecule has 0 unspecified atom stereocenters. The molecule has 0 radical (unpaired) electrons. The van der Waals surface area contributed by atoms with Gasteiger partial charge in [-0.25, -0.2) is 4.98 Å². The zero-order valence-corrected chi connectivity index (χ0v) is 8.64. The number of carbonyl (C=O) groups excluding carboxylic acids is 1. The average molecular weight is 221 g/mol. The normalized spacial score (nSPS) is 10.3. The standard InChI is InChI=1S/C8H11N7O/c1-15-3-2-10-5(15)4-11-7(16)6-12-8(9)14-13-6/h2-3H,4H2,1H3,(H,11,16)(H3,9,12,13,14). The third kappa shape index (κ3) is 2.00. The van der Waals surface area contributed by atoms with Crippen molar-refractivity contribution in [2.75, 3.05) is 5.73 Å². The van der Waals surface area contributed by atoms with E-state index in [4.69, 9.17) is 5.73 Å². The molecule has 0 saturated carbocycles. The van der Waals surface area contributed by atoms with Crippen LogP contribution >= 0.6 is 0 Å². The summed E-state index contributed by atoms with van der Waals surface area (Å²) in [4.78, 5) is 19.3. The van der Waals surface area contributed by atoms with Crippen LogP contribution < -0.4 is 11.1 Å². The van der Waals surface area contributed by atoms with Crippen LogP contribution in [0.15, 0.2) is 12.4 Å². The Morgan fingerprint density at radius 2 is 2.50 bits per heavy atom. The predicted octanol–water partition coefficient (Wildman–Crippen LogP) is -0.950. The van der Waals surface area contributed by atoms with E-state index in [2.05, 4.69) is 25.5 Å². The second-order valence-corrected chi connectivity index (χ2v) is 3.18. The molecule has 0 aliphatic rings. The van der Waals surface area contributed by atoms with E-state index in [-0.39, 0.29) is 17.7 Å². The molecular formula is C8H11N7O. The number of hydrogen-bond acceptors (Lipinski definition) is 5.